The number of hydrogen-bond donors (Lipinski definition) is 6. The second kappa shape index (κ2) is 37.9. The minimum absolute atomic E-state index is 0.0936. The molecule has 33 nitrogen and oxygen atoms in total. The molecule has 604 valence electrons. The van der Waals surface area contributed by atoms with E-state index in [1.165, 1.54) is 82.7 Å². The van der Waals surface area contributed by atoms with Crippen molar-refractivity contribution < 1.29 is 36.5 Å². The van der Waals surface area contributed by atoms with Crippen LogP contribution in [0.15, 0.2) is 173 Å². The van der Waals surface area contributed by atoms with Gasteiger partial charge in [-0.2, -0.15) is 31.1 Å². The Bertz CT molecular complexity index is 6140. The Morgan fingerprint density at radius 1 is 0.521 bits per heavy atom. The van der Waals surface area contributed by atoms with Gasteiger partial charge in [-0.1, -0.05) is 15.9 Å². The van der Waals surface area contributed by atoms with Crippen LogP contribution in [-0.4, -0.2) is 108 Å². The normalized spacial score (nSPS) is 12.5. The summed E-state index contributed by atoms with van der Waals surface area (Å²) in [6, 6.07) is 27.5. The SMILES string of the molecule is CC(Oc1nc(Br)cnc1N)c1cc(F)ccc1-c1ncc[nH]1.CC(Oc1nc(Br)cnc1N)c1cc(F)ccc1-c1ncc[nH]1.CC(Oc1nc(Br)cnc1N)c1cc(F)ccc1-c1nccn1Cc1cc(C#N)n(C)n1.CC1Oc2nc(cnc2N)-c2c(nn(C)c2C#N)Cn2ccnc2-c2ccc(F)cc21.Cn1nc(CBr)cc1C#N. The molecular formula is C78H67Br4F4N29O4. The number of H-pyrrole nitrogens is 2. The molecule has 0 amide bonds. The molecule has 1 aliphatic rings. The van der Waals surface area contributed by atoms with Crippen LogP contribution in [0, 0.1) is 57.3 Å². The van der Waals surface area contributed by atoms with Gasteiger partial charge in [-0.05, 0) is 160 Å². The number of benzene rings is 4. The van der Waals surface area contributed by atoms with E-state index < -0.39 is 36.1 Å². The fraction of sp³-hybridized carbons (Fsp3) is 0.179. The highest BCUT2D eigenvalue weighted by Gasteiger charge is 2.28. The lowest BCUT2D eigenvalue weighted by atomic mass is 10.0. The van der Waals surface area contributed by atoms with Gasteiger partial charge in [-0.15, -0.1) is 0 Å². The number of nitrogen functional groups attached to an aromatic ring is 4. The Balaban J connectivity index is 0.000000141. The number of fused-ring (bicyclic) bond motifs is 7. The highest BCUT2D eigenvalue weighted by Crippen LogP contribution is 2.39. The zero-order valence-corrected chi connectivity index (χ0v) is 70.0. The van der Waals surface area contributed by atoms with Crippen molar-refractivity contribution in [3.63, 3.8) is 0 Å². The van der Waals surface area contributed by atoms with E-state index in [2.05, 4.69) is 161 Å². The average molecular weight is 1870 g/mol. The van der Waals surface area contributed by atoms with Gasteiger partial charge in [0, 0.05) is 121 Å². The molecule has 2 bridgehead atoms. The molecular weight excluding hydrogens is 1800 g/mol. The van der Waals surface area contributed by atoms with Crippen molar-refractivity contribution in [3.8, 4) is 98.5 Å². The number of alkyl halides is 1. The summed E-state index contributed by atoms with van der Waals surface area (Å²) in [7, 11) is 5.16. The van der Waals surface area contributed by atoms with Gasteiger partial charge in [0.25, 0.3) is 23.5 Å². The predicted octanol–water partition coefficient (Wildman–Crippen LogP) is 14.6. The van der Waals surface area contributed by atoms with Gasteiger partial charge in [0.2, 0.25) is 0 Å². The number of aromatic amines is 2. The molecule has 10 N–H and O–H groups in total. The lowest BCUT2D eigenvalue weighted by molar-refractivity contribution is 0.217. The van der Waals surface area contributed by atoms with Crippen molar-refractivity contribution in [1.29, 1.82) is 15.8 Å². The summed E-state index contributed by atoms with van der Waals surface area (Å²) >= 11 is 12.9. The number of nitriles is 3. The fourth-order valence-corrected chi connectivity index (χ4v) is 13.3. The fourth-order valence-electron chi connectivity index (χ4n) is 12.2. The number of anilines is 4. The molecule has 41 heteroatoms. The number of hydrogen-bond acceptors (Lipinski definition) is 26. The first-order valence-corrected chi connectivity index (χ1v) is 38.9. The number of nitrogens with zero attached hydrogens (tertiary/aromatic N) is 23. The van der Waals surface area contributed by atoms with Crippen LogP contribution < -0.4 is 41.9 Å². The van der Waals surface area contributed by atoms with Gasteiger partial charge >= 0.3 is 0 Å². The van der Waals surface area contributed by atoms with Gasteiger partial charge in [0.05, 0.1) is 66.2 Å². The van der Waals surface area contributed by atoms with E-state index in [0.29, 0.717) is 129 Å². The zero-order valence-electron chi connectivity index (χ0n) is 63.7. The lowest BCUT2D eigenvalue weighted by Crippen LogP contribution is -2.12. The first kappa shape index (κ1) is 84.6. The number of imidazole rings is 4. The van der Waals surface area contributed by atoms with Gasteiger partial charge in [-0.3, -0.25) is 14.0 Å². The van der Waals surface area contributed by atoms with Crippen LogP contribution in [-0.2, 0) is 39.6 Å². The van der Waals surface area contributed by atoms with Crippen molar-refractivity contribution in [2.24, 2.45) is 21.1 Å². The summed E-state index contributed by atoms with van der Waals surface area (Å²) < 4.78 is 89.0. The average Bonchev–Trinajstić information content (AvgIpc) is 1.63. The summed E-state index contributed by atoms with van der Waals surface area (Å²) in [5.74, 6) is 2.12. The van der Waals surface area contributed by atoms with E-state index in [0.717, 1.165) is 16.8 Å². The Kier molecular flexibility index (Phi) is 26.9. The Hall–Kier alpha value is -13.8. The number of aryl methyl sites for hydroxylation is 3. The van der Waals surface area contributed by atoms with Gasteiger partial charge in [-0.25, -0.2) is 77.4 Å². The van der Waals surface area contributed by atoms with Crippen LogP contribution in [0.5, 0.6) is 23.5 Å². The molecule has 4 unspecified atom stereocenters. The summed E-state index contributed by atoms with van der Waals surface area (Å²) in [4.78, 5) is 56.5. The highest BCUT2D eigenvalue weighted by atomic mass is 79.9. The van der Waals surface area contributed by atoms with Crippen LogP contribution in [0.25, 0.3) is 56.8 Å². The molecule has 0 saturated carbocycles. The van der Waals surface area contributed by atoms with E-state index in [9.17, 15) is 28.1 Å². The maximum atomic E-state index is 14.2. The molecule has 15 aromatic rings. The third-order valence-corrected chi connectivity index (χ3v) is 19.4. The second-order valence-electron chi connectivity index (χ2n) is 25.7. The molecule has 0 spiro atoms. The summed E-state index contributed by atoms with van der Waals surface area (Å²) in [6.07, 6.45) is 17.3. The number of ether oxygens (including phenoxy) is 4. The van der Waals surface area contributed by atoms with Gasteiger partial charge < -0.3 is 61.0 Å². The molecule has 0 saturated heterocycles. The largest absolute Gasteiger partial charge is 0.467 e. The van der Waals surface area contributed by atoms with E-state index in [-0.39, 0.29) is 58.4 Å². The predicted molar refractivity (Wildman–Crippen MR) is 442 cm³/mol. The minimum Gasteiger partial charge on any atom is -0.467 e. The van der Waals surface area contributed by atoms with Crippen molar-refractivity contribution in [2.45, 2.75) is 70.5 Å². The Morgan fingerprint density at radius 2 is 0.975 bits per heavy atom. The van der Waals surface area contributed by atoms with Crippen molar-refractivity contribution in [1.82, 2.24) is 108 Å². The van der Waals surface area contributed by atoms with E-state index in [1.807, 2.05) is 21.4 Å². The number of rotatable bonds is 15. The molecule has 12 heterocycles. The number of aromatic nitrogens is 22. The number of nitrogens with one attached hydrogen (secondary N) is 2. The Morgan fingerprint density at radius 3 is 1.45 bits per heavy atom. The topological polar surface area (TPSA) is 462 Å². The van der Waals surface area contributed by atoms with Crippen LogP contribution in [0.2, 0.25) is 0 Å². The van der Waals surface area contributed by atoms with E-state index in [4.69, 9.17) is 47.1 Å². The van der Waals surface area contributed by atoms with E-state index in [1.54, 1.807) is 133 Å². The lowest BCUT2D eigenvalue weighted by Gasteiger charge is -2.20. The summed E-state index contributed by atoms with van der Waals surface area (Å²) in [6.45, 7) is 7.83. The van der Waals surface area contributed by atoms with Crippen molar-refractivity contribution in [2.75, 3.05) is 22.9 Å². The second-order valence-corrected chi connectivity index (χ2v) is 28.7. The highest BCUT2D eigenvalue weighted by molar-refractivity contribution is 9.11. The smallest absolute Gasteiger partial charge is 0.258 e. The minimum atomic E-state index is -0.600. The first-order chi connectivity index (χ1) is 57.2. The van der Waals surface area contributed by atoms with Crippen LogP contribution in [0.4, 0.5) is 40.8 Å². The molecule has 0 fully saturated rings. The summed E-state index contributed by atoms with van der Waals surface area (Å²) in [5.41, 5.74) is 33.3. The Labute approximate surface area is 708 Å². The maximum absolute atomic E-state index is 14.2. The monoisotopic (exact) mass is 1870 g/mol. The third-order valence-electron chi connectivity index (χ3n) is 17.7. The zero-order chi connectivity index (χ0) is 84.9. The maximum Gasteiger partial charge on any atom is 0.258 e. The molecule has 4 aromatic carbocycles. The van der Waals surface area contributed by atoms with Gasteiger partial charge in [0.15, 0.2) is 23.3 Å². The third kappa shape index (κ3) is 20.2. The molecule has 0 aliphatic carbocycles. The number of nitrogens with two attached hydrogens (primary N) is 4. The van der Waals surface area contributed by atoms with Crippen LogP contribution in [0.3, 0.4) is 0 Å². The standard InChI is InChI=1S/C21H18BrFN8O.C21H17FN8O.2C15H13BrFN5O.C6H6BrN3/c1-12(32-21-19(25)27-10-18(22)28-21)17-7-13(23)3-4-16(17)20-26-5-6-31(20)11-14-8-15(9-24)30(2)29-14;1-11-14-7-12(22)3-4-13(14)20-25-5-6-30(20)10-16-18(17(8-23)29(2)28-16)15-9-26-19(24)21(27-15)31-11;2*1-8(23-15-13(18)21-7-12(16)22-15)11-6-9(17)2-3-10(11)14-19-4-5-20-14;1-10-6(4-8)2-5(3-7)9-10/h3-8,10,12H,11H2,1-2H3,(H2,25,27);3-7,9,11H,10H2,1-2H3,(H2,24,26);2*2-8H,1H3,(H2,18,21)(H,19,20);2H,3H2,1H3. The molecule has 16 rings (SSSR count). The van der Waals surface area contributed by atoms with Crippen LogP contribution in [0.1, 0.15) is 109 Å². The van der Waals surface area contributed by atoms with Crippen molar-refractivity contribution >= 4 is 87.0 Å². The molecule has 1 aliphatic heterocycles. The van der Waals surface area contributed by atoms with E-state index >= 15 is 0 Å². The molecule has 0 radical (unpaired) electrons. The first-order valence-electron chi connectivity index (χ1n) is 35.4. The van der Waals surface area contributed by atoms with Gasteiger partial charge in [0.1, 0.15) is 120 Å². The molecule has 4 atom stereocenters. The molecule has 11 aromatic heterocycles. The number of halogens is 8. The van der Waals surface area contributed by atoms with Crippen molar-refractivity contribution in [3.05, 3.63) is 253 Å². The summed E-state index contributed by atoms with van der Waals surface area (Å²) in [5, 5.41) is 41.0. The molecule has 119 heavy (non-hydrogen) atoms. The quantitative estimate of drug-likeness (QED) is 0.0410. The van der Waals surface area contributed by atoms with Crippen LogP contribution >= 0.6 is 63.7 Å².